The zero-order chi connectivity index (χ0) is 13.8. The van der Waals surface area contributed by atoms with Crippen molar-refractivity contribution in [2.45, 2.75) is 31.7 Å². The van der Waals surface area contributed by atoms with Crippen LogP contribution in [0.15, 0.2) is 22.7 Å². The Morgan fingerprint density at radius 3 is 2.84 bits per heavy atom. The number of hydrogen-bond donors (Lipinski definition) is 0. The van der Waals surface area contributed by atoms with Gasteiger partial charge in [-0.25, -0.2) is 0 Å². The Hall–Kier alpha value is -0.250. The minimum Gasteiger partial charge on any atom is -0.367 e. The largest absolute Gasteiger partial charge is 0.367 e. The van der Waals surface area contributed by atoms with Crippen LogP contribution in [0.2, 0.25) is 0 Å². The lowest BCUT2D eigenvalue weighted by atomic mass is 10.1. The van der Waals surface area contributed by atoms with Gasteiger partial charge in [-0.3, -0.25) is 0 Å². The zero-order valence-electron chi connectivity index (χ0n) is 11.7. The van der Waals surface area contributed by atoms with Crippen LogP contribution in [-0.2, 0) is 5.88 Å². The Morgan fingerprint density at radius 1 is 1.37 bits per heavy atom. The average Bonchev–Trinajstić information content (AvgIpc) is 2.60. The van der Waals surface area contributed by atoms with E-state index in [0.717, 1.165) is 17.6 Å². The quantitative estimate of drug-likeness (QED) is 0.761. The SMILES string of the molecule is CCC1CN(C)CCCN1c1cc(Br)ccc1CCl. The number of alkyl halides is 1. The van der Waals surface area contributed by atoms with Crippen molar-refractivity contribution in [3.05, 3.63) is 28.2 Å². The first-order valence-corrected chi connectivity index (χ1v) is 8.28. The maximum Gasteiger partial charge on any atom is 0.0494 e. The topological polar surface area (TPSA) is 6.48 Å². The van der Waals surface area contributed by atoms with Gasteiger partial charge in [-0.15, -0.1) is 11.6 Å². The van der Waals surface area contributed by atoms with Crippen molar-refractivity contribution in [1.82, 2.24) is 4.90 Å². The van der Waals surface area contributed by atoms with Gasteiger partial charge in [0.1, 0.15) is 0 Å². The van der Waals surface area contributed by atoms with Gasteiger partial charge in [-0.2, -0.15) is 0 Å². The van der Waals surface area contributed by atoms with Crippen molar-refractivity contribution in [2.75, 3.05) is 31.6 Å². The van der Waals surface area contributed by atoms with Gasteiger partial charge in [0.15, 0.2) is 0 Å². The minimum absolute atomic E-state index is 0.573. The van der Waals surface area contributed by atoms with E-state index in [9.17, 15) is 0 Å². The van der Waals surface area contributed by atoms with Crippen LogP contribution in [0.3, 0.4) is 0 Å². The Bertz CT molecular complexity index is 425. The molecule has 1 fully saturated rings. The van der Waals surface area contributed by atoms with Gasteiger partial charge < -0.3 is 9.80 Å². The number of halogens is 2. The Kier molecular flexibility index (Phi) is 5.55. The fourth-order valence-corrected chi connectivity index (χ4v) is 3.40. The molecule has 1 unspecified atom stereocenters. The molecule has 0 spiro atoms. The van der Waals surface area contributed by atoms with Crippen molar-refractivity contribution in [1.29, 1.82) is 0 Å². The van der Waals surface area contributed by atoms with Crippen molar-refractivity contribution in [3.63, 3.8) is 0 Å². The average molecular weight is 346 g/mol. The highest BCUT2D eigenvalue weighted by Gasteiger charge is 2.23. The van der Waals surface area contributed by atoms with Gasteiger partial charge in [0.25, 0.3) is 0 Å². The van der Waals surface area contributed by atoms with E-state index >= 15 is 0 Å². The van der Waals surface area contributed by atoms with E-state index in [1.807, 2.05) is 0 Å². The third-order valence-corrected chi connectivity index (χ3v) is 4.66. The number of rotatable bonds is 3. The molecule has 0 aromatic heterocycles. The molecule has 1 saturated heterocycles. The van der Waals surface area contributed by atoms with Crippen LogP contribution in [0, 0.1) is 0 Å². The summed E-state index contributed by atoms with van der Waals surface area (Å²) in [5.74, 6) is 0.575. The molecule has 0 N–H and O–H groups in total. The third-order valence-electron chi connectivity index (χ3n) is 3.87. The Balaban J connectivity index is 2.34. The molecule has 1 aromatic carbocycles. The summed E-state index contributed by atoms with van der Waals surface area (Å²) < 4.78 is 1.13. The molecule has 1 aliphatic rings. The molecule has 106 valence electrons. The minimum atomic E-state index is 0.573. The fourth-order valence-electron chi connectivity index (χ4n) is 2.83. The second-order valence-electron chi connectivity index (χ2n) is 5.28. The van der Waals surface area contributed by atoms with E-state index in [-0.39, 0.29) is 0 Å². The second kappa shape index (κ2) is 6.96. The Labute approximate surface area is 129 Å². The van der Waals surface area contributed by atoms with Crippen molar-refractivity contribution in [2.24, 2.45) is 0 Å². The summed E-state index contributed by atoms with van der Waals surface area (Å²) in [7, 11) is 2.22. The summed E-state index contributed by atoms with van der Waals surface area (Å²) in [6.07, 6.45) is 2.37. The molecule has 1 aromatic rings. The van der Waals surface area contributed by atoms with Crippen LogP contribution < -0.4 is 4.90 Å². The number of nitrogens with zero attached hydrogens (tertiary/aromatic N) is 2. The second-order valence-corrected chi connectivity index (χ2v) is 6.46. The molecule has 1 heterocycles. The van der Waals surface area contributed by atoms with Crippen LogP contribution in [0.4, 0.5) is 5.69 Å². The Morgan fingerprint density at radius 2 is 2.16 bits per heavy atom. The molecule has 2 nitrogen and oxygen atoms in total. The standard InChI is InChI=1S/C15H22BrClN2/c1-3-14-11-18(2)7-4-8-19(14)15-9-13(16)6-5-12(15)10-17/h5-6,9,14H,3-4,7-8,10-11H2,1-2H3. The summed E-state index contributed by atoms with van der Waals surface area (Å²) in [5.41, 5.74) is 2.53. The summed E-state index contributed by atoms with van der Waals surface area (Å²) in [6.45, 7) is 5.69. The van der Waals surface area contributed by atoms with Crippen molar-refractivity contribution >= 4 is 33.2 Å². The molecule has 4 heteroatoms. The van der Waals surface area contributed by atoms with E-state index in [4.69, 9.17) is 11.6 Å². The summed E-state index contributed by atoms with van der Waals surface area (Å²) in [6, 6.07) is 7.00. The first-order valence-electron chi connectivity index (χ1n) is 6.95. The van der Waals surface area contributed by atoms with Crippen LogP contribution in [0.25, 0.3) is 0 Å². The molecule has 0 bridgehead atoms. The van der Waals surface area contributed by atoms with Crippen LogP contribution in [0.1, 0.15) is 25.3 Å². The van der Waals surface area contributed by atoms with Gasteiger partial charge in [0, 0.05) is 35.2 Å². The maximum absolute atomic E-state index is 6.11. The summed E-state index contributed by atoms with van der Waals surface area (Å²) in [4.78, 5) is 4.98. The van der Waals surface area contributed by atoms with E-state index < -0.39 is 0 Å². The molecule has 1 atom stereocenters. The number of anilines is 1. The summed E-state index contributed by atoms with van der Waals surface area (Å²) >= 11 is 9.70. The van der Waals surface area contributed by atoms with Gasteiger partial charge >= 0.3 is 0 Å². The highest BCUT2D eigenvalue weighted by Crippen LogP contribution is 2.30. The summed E-state index contributed by atoms with van der Waals surface area (Å²) in [5, 5.41) is 0. The van der Waals surface area contributed by atoms with Gasteiger partial charge in [-0.05, 0) is 44.1 Å². The molecule has 0 aliphatic carbocycles. The molecular formula is C15H22BrClN2. The molecule has 1 aliphatic heterocycles. The van der Waals surface area contributed by atoms with Crippen LogP contribution >= 0.6 is 27.5 Å². The first-order chi connectivity index (χ1) is 9.15. The molecule has 2 rings (SSSR count). The van der Waals surface area contributed by atoms with E-state index in [1.165, 1.54) is 30.6 Å². The highest BCUT2D eigenvalue weighted by atomic mass is 79.9. The molecule has 0 amide bonds. The fraction of sp³-hybridized carbons (Fsp3) is 0.600. The van der Waals surface area contributed by atoms with E-state index in [0.29, 0.717) is 11.9 Å². The smallest absolute Gasteiger partial charge is 0.0494 e. The first kappa shape index (κ1) is 15.1. The predicted octanol–water partition coefficient (Wildman–Crippen LogP) is 4.11. The third kappa shape index (κ3) is 3.65. The number of benzene rings is 1. The number of likely N-dealkylation sites (N-methyl/N-ethyl adjacent to an activating group) is 1. The molecular weight excluding hydrogens is 324 g/mol. The molecule has 19 heavy (non-hydrogen) atoms. The zero-order valence-corrected chi connectivity index (χ0v) is 14.0. The van der Waals surface area contributed by atoms with Crippen molar-refractivity contribution in [3.8, 4) is 0 Å². The number of hydrogen-bond acceptors (Lipinski definition) is 2. The molecule has 0 radical (unpaired) electrons. The lowest BCUT2D eigenvalue weighted by molar-refractivity contribution is 0.328. The van der Waals surface area contributed by atoms with Crippen LogP contribution in [-0.4, -0.2) is 37.6 Å². The normalized spacial score (nSPS) is 21.5. The van der Waals surface area contributed by atoms with Gasteiger partial charge in [0.2, 0.25) is 0 Å². The monoisotopic (exact) mass is 344 g/mol. The van der Waals surface area contributed by atoms with E-state index in [1.54, 1.807) is 0 Å². The lowest BCUT2D eigenvalue weighted by Crippen LogP contribution is -2.40. The van der Waals surface area contributed by atoms with Crippen LogP contribution in [0.5, 0.6) is 0 Å². The van der Waals surface area contributed by atoms with Gasteiger partial charge in [-0.1, -0.05) is 28.9 Å². The predicted molar refractivity (Wildman–Crippen MR) is 87.2 cm³/mol. The van der Waals surface area contributed by atoms with E-state index in [2.05, 4.69) is 57.9 Å². The van der Waals surface area contributed by atoms with Gasteiger partial charge in [0.05, 0.1) is 0 Å². The maximum atomic E-state index is 6.11. The molecule has 0 saturated carbocycles. The highest BCUT2D eigenvalue weighted by molar-refractivity contribution is 9.10. The van der Waals surface area contributed by atoms with Crippen molar-refractivity contribution < 1.29 is 0 Å². The lowest BCUT2D eigenvalue weighted by Gasteiger charge is -2.33.